The van der Waals surface area contributed by atoms with Crippen LogP contribution in [0.25, 0.3) is 43.8 Å². The van der Waals surface area contributed by atoms with Crippen molar-refractivity contribution in [3.8, 4) is 22.3 Å². The Morgan fingerprint density at radius 2 is 0.711 bits per heavy atom. The average molecular weight is 546 g/mol. The van der Waals surface area contributed by atoms with Crippen LogP contribution in [-0.2, 0) is 0 Å². The second-order valence-corrected chi connectivity index (χ2v) is 8.00. The summed E-state index contributed by atoms with van der Waals surface area (Å²) in [5.41, 5.74) is -4.63. The number of halogens is 12. The molecular weight excluding hydrogens is 540 g/mol. The van der Waals surface area contributed by atoms with Crippen molar-refractivity contribution in [1.29, 1.82) is 0 Å². The predicted octanol–water partition coefficient (Wildman–Crippen LogP) is 9.00. The second-order valence-electron chi connectivity index (χ2n) is 8.00. The molecule has 0 aliphatic carbocycles. The minimum Gasteiger partial charge on any atom is -0.204 e. The molecule has 0 saturated carbocycles. The number of rotatable bonds is 2. The molecule has 0 bridgehead atoms. The van der Waals surface area contributed by atoms with Crippen LogP contribution >= 0.6 is 0 Å². The normalized spacial score (nSPS) is 11.7. The third-order valence-corrected chi connectivity index (χ3v) is 5.97. The standard InChI is InChI=1S/C26H6F12/c27-10-5-7(6-11(28)17(10)29)12-8-3-1-2-4-9(8)13(15-14(12)18(30)22(34)23(35)19(15)31)16-20(32)24(36)26(38)25(37)21(16)33/h1-6H. The molecule has 0 aliphatic heterocycles. The molecule has 0 radical (unpaired) electrons. The van der Waals surface area contributed by atoms with E-state index in [0.717, 1.165) is 18.2 Å². The Hall–Kier alpha value is -4.22. The zero-order chi connectivity index (χ0) is 27.8. The van der Waals surface area contributed by atoms with Crippen molar-refractivity contribution < 1.29 is 52.7 Å². The fraction of sp³-hybridized carbons (Fsp3) is 0. The molecule has 0 unspecified atom stereocenters. The van der Waals surface area contributed by atoms with Crippen LogP contribution < -0.4 is 0 Å². The van der Waals surface area contributed by atoms with Gasteiger partial charge in [-0.3, -0.25) is 0 Å². The van der Waals surface area contributed by atoms with Crippen LogP contribution in [0.15, 0.2) is 36.4 Å². The molecule has 5 aromatic rings. The third-order valence-electron chi connectivity index (χ3n) is 5.97. The van der Waals surface area contributed by atoms with Crippen LogP contribution in [0.3, 0.4) is 0 Å². The summed E-state index contributed by atoms with van der Waals surface area (Å²) in [6, 6.07) is 4.81. The summed E-state index contributed by atoms with van der Waals surface area (Å²) < 4.78 is 173. The Balaban J connectivity index is 2.17. The highest BCUT2D eigenvalue weighted by molar-refractivity contribution is 6.21. The van der Waals surface area contributed by atoms with Gasteiger partial charge >= 0.3 is 0 Å². The lowest BCUT2D eigenvalue weighted by atomic mass is 9.84. The smallest absolute Gasteiger partial charge is 0.200 e. The molecule has 0 N–H and O–H groups in total. The maximum absolute atomic E-state index is 15.3. The van der Waals surface area contributed by atoms with Crippen molar-refractivity contribution in [1.82, 2.24) is 0 Å². The number of fused-ring (bicyclic) bond motifs is 2. The van der Waals surface area contributed by atoms with Crippen molar-refractivity contribution in [3.05, 3.63) is 106 Å². The first kappa shape index (κ1) is 25.4. The van der Waals surface area contributed by atoms with Crippen molar-refractivity contribution in [3.63, 3.8) is 0 Å². The van der Waals surface area contributed by atoms with Crippen LogP contribution in [0.2, 0.25) is 0 Å². The predicted molar refractivity (Wildman–Crippen MR) is 112 cm³/mol. The van der Waals surface area contributed by atoms with Crippen molar-refractivity contribution in [2.45, 2.75) is 0 Å². The minimum absolute atomic E-state index is 0.302. The fourth-order valence-corrected chi connectivity index (χ4v) is 4.37. The largest absolute Gasteiger partial charge is 0.204 e. The maximum Gasteiger partial charge on any atom is 0.200 e. The highest BCUT2D eigenvalue weighted by atomic mass is 19.2. The summed E-state index contributed by atoms with van der Waals surface area (Å²) in [5, 5.41) is -3.98. The van der Waals surface area contributed by atoms with Crippen molar-refractivity contribution >= 4 is 21.5 Å². The summed E-state index contributed by atoms with van der Waals surface area (Å²) >= 11 is 0. The SMILES string of the molecule is Fc1cc(-c2c3ccccc3c(-c3c(F)c(F)c(F)c(F)c3F)c3c(F)c(F)c(F)c(F)c23)cc(F)c1F. The molecule has 0 aromatic heterocycles. The lowest BCUT2D eigenvalue weighted by Gasteiger charge is -2.20. The van der Waals surface area contributed by atoms with E-state index in [2.05, 4.69) is 0 Å². The third kappa shape index (κ3) is 3.35. The van der Waals surface area contributed by atoms with Gasteiger partial charge in [-0.1, -0.05) is 24.3 Å². The van der Waals surface area contributed by atoms with E-state index < -0.39 is 114 Å². The number of benzene rings is 5. The van der Waals surface area contributed by atoms with E-state index in [-0.39, 0.29) is 0 Å². The van der Waals surface area contributed by atoms with Crippen LogP contribution in [-0.4, -0.2) is 0 Å². The summed E-state index contributed by atoms with van der Waals surface area (Å²) in [6.45, 7) is 0. The van der Waals surface area contributed by atoms with Crippen LogP contribution in [0.4, 0.5) is 52.7 Å². The van der Waals surface area contributed by atoms with Gasteiger partial charge in [0.1, 0.15) is 0 Å². The number of hydrogen-bond donors (Lipinski definition) is 0. The zero-order valence-electron chi connectivity index (χ0n) is 18.0. The topological polar surface area (TPSA) is 0 Å². The van der Waals surface area contributed by atoms with Gasteiger partial charge in [0.15, 0.2) is 64.0 Å². The van der Waals surface area contributed by atoms with Gasteiger partial charge in [-0.2, -0.15) is 0 Å². The van der Waals surface area contributed by atoms with E-state index in [0.29, 0.717) is 12.1 Å². The van der Waals surface area contributed by atoms with Crippen LogP contribution in [0.5, 0.6) is 0 Å². The van der Waals surface area contributed by atoms with E-state index in [4.69, 9.17) is 0 Å². The van der Waals surface area contributed by atoms with Crippen molar-refractivity contribution in [2.24, 2.45) is 0 Å². The molecule has 0 spiro atoms. The van der Waals surface area contributed by atoms with Gasteiger partial charge in [-0.05, 0) is 28.5 Å². The molecule has 194 valence electrons. The molecule has 5 aromatic carbocycles. The highest BCUT2D eigenvalue weighted by Gasteiger charge is 2.34. The summed E-state index contributed by atoms with van der Waals surface area (Å²) in [7, 11) is 0. The van der Waals surface area contributed by atoms with Crippen molar-refractivity contribution in [2.75, 3.05) is 0 Å². The molecule has 0 heterocycles. The minimum atomic E-state index is -2.59. The van der Waals surface area contributed by atoms with Crippen LogP contribution in [0, 0.1) is 69.8 Å². The Kier molecular flexibility index (Phi) is 5.80. The summed E-state index contributed by atoms with van der Waals surface area (Å²) in [6.07, 6.45) is 0. The van der Waals surface area contributed by atoms with E-state index in [1.54, 1.807) is 0 Å². The van der Waals surface area contributed by atoms with Gasteiger partial charge in [0, 0.05) is 21.9 Å². The molecule has 0 aliphatic rings. The zero-order valence-corrected chi connectivity index (χ0v) is 18.0. The molecule has 0 fully saturated rings. The molecule has 0 nitrogen and oxygen atoms in total. The summed E-state index contributed by atoms with van der Waals surface area (Å²) in [4.78, 5) is 0. The van der Waals surface area contributed by atoms with E-state index in [1.165, 1.54) is 6.07 Å². The Morgan fingerprint density at radius 3 is 1.18 bits per heavy atom. The lowest BCUT2D eigenvalue weighted by Crippen LogP contribution is -2.07. The molecule has 0 atom stereocenters. The fourth-order valence-electron chi connectivity index (χ4n) is 4.37. The van der Waals surface area contributed by atoms with Gasteiger partial charge in [0.2, 0.25) is 5.82 Å². The van der Waals surface area contributed by atoms with E-state index in [9.17, 15) is 43.9 Å². The highest BCUT2D eigenvalue weighted by Crippen LogP contribution is 2.48. The monoisotopic (exact) mass is 546 g/mol. The number of hydrogen-bond acceptors (Lipinski definition) is 0. The summed E-state index contributed by atoms with van der Waals surface area (Å²) in [5.74, 6) is -27.7. The van der Waals surface area contributed by atoms with E-state index in [1.807, 2.05) is 0 Å². The molecule has 5 rings (SSSR count). The average Bonchev–Trinajstić information content (AvgIpc) is 2.90. The first-order chi connectivity index (χ1) is 17.9. The van der Waals surface area contributed by atoms with Crippen LogP contribution in [0.1, 0.15) is 0 Å². The Labute approximate surface area is 203 Å². The van der Waals surface area contributed by atoms with Gasteiger partial charge in [0.05, 0.1) is 5.56 Å². The molecule has 0 amide bonds. The quantitative estimate of drug-likeness (QED) is 0.0898. The Morgan fingerprint density at radius 1 is 0.342 bits per heavy atom. The Bertz CT molecular complexity index is 1790. The van der Waals surface area contributed by atoms with E-state index >= 15 is 8.78 Å². The van der Waals surface area contributed by atoms with Gasteiger partial charge in [-0.25, -0.2) is 52.7 Å². The molecule has 38 heavy (non-hydrogen) atoms. The maximum atomic E-state index is 15.3. The molecule has 0 saturated heterocycles. The molecule has 12 heteroatoms. The molecular formula is C26H6F12. The lowest BCUT2D eigenvalue weighted by molar-refractivity contribution is 0.381. The van der Waals surface area contributed by atoms with Gasteiger partial charge < -0.3 is 0 Å². The van der Waals surface area contributed by atoms with Gasteiger partial charge in [-0.15, -0.1) is 0 Å². The second kappa shape index (κ2) is 8.67. The van der Waals surface area contributed by atoms with Gasteiger partial charge in [0.25, 0.3) is 0 Å². The first-order valence-electron chi connectivity index (χ1n) is 10.2. The first-order valence-corrected chi connectivity index (χ1v) is 10.2.